The zero-order chi connectivity index (χ0) is 49.8. The van der Waals surface area contributed by atoms with Gasteiger partial charge in [0.05, 0.1) is 45.7 Å². The van der Waals surface area contributed by atoms with Crippen LogP contribution in [0.15, 0.2) is 60.7 Å². The Hall–Kier alpha value is -4.32. The van der Waals surface area contributed by atoms with Crippen molar-refractivity contribution in [2.24, 2.45) is 16.6 Å². The fourth-order valence-corrected chi connectivity index (χ4v) is 7.47. The first-order valence-corrected chi connectivity index (χ1v) is 23.5. The summed E-state index contributed by atoms with van der Waals surface area (Å²) in [6, 6.07) is 17.1. The standard InChI is InChI=1S/C28H44N2O7.C23H36N2O5.ClH/c1-27(2,3)23(29-26(33)37-28(4,5)6)24(31)30-18-21(17-22(30)25(32)34-7)36-16-12-11-15-35-19-20-13-9-8-10-14-20;1-23(2,3)20(24)21(26)25-15-18(14-19(25)22(27)28-4)30-13-9-8-12-29-16-17-10-6-5-7-11-17;/h8-10,13-14,21-23H,11-12,15-19H2,1-7H3,(H,29,33);5-7,10-11,18-20H,8-9,12-16,24H2,1-4H3;1H/t21-,22+,23-;18-,19+,20-;/m11./s1. The van der Waals surface area contributed by atoms with E-state index in [9.17, 15) is 24.0 Å². The fraction of sp³-hybridized carbons (Fsp3) is 0.667. The molecule has 16 nitrogen and oxygen atoms in total. The summed E-state index contributed by atoms with van der Waals surface area (Å²) in [6.45, 7) is 20.7. The average molecular weight is 978 g/mol. The minimum atomic E-state index is -0.894. The van der Waals surface area contributed by atoms with E-state index >= 15 is 0 Å². The molecule has 2 fully saturated rings. The van der Waals surface area contributed by atoms with E-state index in [0.29, 0.717) is 59.0 Å². The van der Waals surface area contributed by atoms with E-state index in [4.69, 9.17) is 38.9 Å². The van der Waals surface area contributed by atoms with Crippen molar-refractivity contribution in [3.8, 4) is 0 Å². The third kappa shape index (κ3) is 20.7. The first kappa shape index (κ1) is 59.8. The van der Waals surface area contributed by atoms with Gasteiger partial charge >= 0.3 is 18.0 Å². The molecule has 0 aliphatic carbocycles. The van der Waals surface area contributed by atoms with Gasteiger partial charge in [-0.1, -0.05) is 102 Å². The van der Waals surface area contributed by atoms with Gasteiger partial charge in [0.25, 0.3) is 0 Å². The van der Waals surface area contributed by atoms with Gasteiger partial charge in [-0.2, -0.15) is 0 Å². The monoisotopic (exact) mass is 977 g/mol. The molecule has 3 amide bonds. The summed E-state index contributed by atoms with van der Waals surface area (Å²) in [7, 11) is 2.63. The molecule has 17 heteroatoms. The van der Waals surface area contributed by atoms with Gasteiger partial charge in [0.15, 0.2) is 0 Å². The van der Waals surface area contributed by atoms with Crippen molar-refractivity contribution in [1.82, 2.24) is 15.1 Å². The van der Waals surface area contributed by atoms with Crippen molar-refractivity contribution in [3.05, 3.63) is 71.8 Å². The van der Waals surface area contributed by atoms with Gasteiger partial charge in [0.2, 0.25) is 11.8 Å². The van der Waals surface area contributed by atoms with Gasteiger partial charge in [-0.3, -0.25) is 9.59 Å². The Morgan fingerprint density at radius 1 is 0.618 bits per heavy atom. The molecule has 2 aromatic carbocycles. The highest BCUT2D eigenvalue weighted by Crippen LogP contribution is 2.29. The smallest absolute Gasteiger partial charge is 0.408 e. The molecule has 0 radical (unpaired) electrons. The molecule has 0 saturated carbocycles. The number of rotatable bonds is 21. The van der Waals surface area contributed by atoms with Crippen molar-refractivity contribution < 1.29 is 57.1 Å². The summed E-state index contributed by atoms with van der Waals surface area (Å²) < 4.78 is 38.6. The summed E-state index contributed by atoms with van der Waals surface area (Å²) in [5, 5.41) is 2.71. The van der Waals surface area contributed by atoms with E-state index in [1.165, 1.54) is 24.0 Å². The van der Waals surface area contributed by atoms with Crippen molar-refractivity contribution in [3.63, 3.8) is 0 Å². The Morgan fingerprint density at radius 3 is 1.38 bits per heavy atom. The molecule has 4 rings (SSSR count). The number of carbonyl (C=O) groups excluding carboxylic acids is 5. The largest absolute Gasteiger partial charge is 0.467 e. The number of ether oxygens (including phenoxy) is 7. The number of amides is 3. The highest BCUT2D eigenvalue weighted by Gasteiger charge is 2.47. The van der Waals surface area contributed by atoms with E-state index in [0.717, 1.165) is 36.8 Å². The predicted molar refractivity (Wildman–Crippen MR) is 262 cm³/mol. The number of unbranched alkanes of at least 4 members (excludes halogenated alkanes) is 2. The number of benzene rings is 2. The zero-order valence-corrected chi connectivity index (χ0v) is 43.2. The minimum Gasteiger partial charge on any atom is -0.467 e. The van der Waals surface area contributed by atoms with Gasteiger partial charge in [-0.15, -0.1) is 12.4 Å². The molecule has 0 bridgehead atoms. The number of hydrogen-bond donors (Lipinski definition) is 2. The molecule has 2 saturated heterocycles. The van der Waals surface area contributed by atoms with Crippen molar-refractivity contribution >= 4 is 42.3 Å². The third-order valence-corrected chi connectivity index (χ3v) is 11.3. The number of carbonyl (C=O) groups is 5. The van der Waals surface area contributed by atoms with E-state index in [1.807, 2.05) is 102 Å². The van der Waals surface area contributed by atoms with E-state index in [2.05, 4.69) is 5.32 Å². The topological polar surface area (TPSA) is 194 Å². The van der Waals surface area contributed by atoms with Crippen LogP contribution < -0.4 is 11.1 Å². The lowest BCUT2D eigenvalue weighted by Gasteiger charge is -2.35. The molecule has 0 aromatic heterocycles. The Labute approximate surface area is 411 Å². The molecular weight excluding hydrogens is 896 g/mol. The van der Waals surface area contributed by atoms with Crippen LogP contribution in [-0.2, 0) is 65.5 Å². The summed E-state index contributed by atoms with van der Waals surface area (Å²) in [4.78, 5) is 66.6. The fourth-order valence-electron chi connectivity index (χ4n) is 7.47. The number of nitrogens with one attached hydrogen (secondary N) is 1. The Morgan fingerprint density at radius 2 is 1.01 bits per heavy atom. The predicted octanol–water partition coefficient (Wildman–Crippen LogP) is 7.02. The maximum atomic E-state index is 13.6. The van der Waals surface area contributed by atoms with Crippen LogP contribution in [-0.4, -0.2) is 135 Å². The van der Waals surface area contributed by atoms with Crippen LogP contribution in [0.3, 0.4) is 0 Å². The molecule has 2 heterocycles. The SMILES string of the molecule is COC(=O)[C@@H]1C[C@@H](OCCCCOCc2ccccc2)CN1C(=O)[C@@H](N)C(C)(C)C.COC(=O)[C@@H]1C[C@@H](OCCCCOCc2ccccc2)CN1C(=O)[C@@H](NC(=O)OC(C)(C)C)C(C)(C)C.Cl. The first-order valence-electron chi connectivity index (χ1n) is 23.5. The quantitative estimate of drug-likeness (QED) is 0.0737. The van der Waals surface area contributed by atoms with Crippen molar-refractivity contribution in [2.45, 2.75) is 156 Å². The molecule has 384 valence electrons. The van der Waals surface area contributed by atoms with Crippen LogP contribution in [0, 0.1) is 10.8 Å². The lowest BCUT2D eigenvalue weighted by molar-refractivity contribution is -0.152. The molecule has 2 aliphatic rings. The summed E-state index contributed by atoms with van der Waals surface area (Å²) in [6.07, 6.45) is 2.96. The van der Waals surface area contributed by atoms with Crippen LogP contribution in [0.4, 0.5) is 4.79 Å². The number of esters is 2. The van der Waals surface area contributed by atoms with Crippen LogP contribution >= 0.6 is 12.4 Å². The highest BCUT2D eigenvalue weighted by molar-refractivity contribution is 5.91. The number of alkyl carbamates (subject to hydrolysis) is 1. The second-order valence-corrected chi connectivity index (χ2v) is 20.3. The number of hydrogen-bond acceptors (Lipinski definition) is 13. The number of nitrogens with two attached hydrogens (primary N) is 1. The number of likely N-dealkylation sites (tertiary alicyclic amines) is 2. The van der Waals surface area contributed by atoms with E-state index < -0.39 is 58.6 Å². The van der Waals surface area contributed by atoms with Gasteiger partial charge in [-0.25, -0.2) is 14.4 Å². The third-order valence-electron chi connectivity index (χ3n) is 11.3. The number of methoxy groups -OCH3 is 2. The lowest BCUT2D eigenvalue weighted by Crippen LogP contribution is -2.57. The van der Waals surface area contributed by atoms with Gasteiger partial charge in [0.1, 0.15) is 23.7 Å². The summed E-state index contributed by atoms with van der Waals surface area (Å²) in [5.74, 6) is -1.53. The maximum Gasteiger partial charge on any atom is 0.408 e. The molecule has 2 aromatic rings. The molecule has 68 heavy (non-hydrogen) atoms. The molecule has 0 spiro atoms. The van der Waals surface area contributed by atoms with Gasteiger partial charge in [-0.05, 0) is 68.4 Å². The minimum absolute atomic E-state index is 0. The molecule has 6 atom stereocenters. The first-order chi connectivity index (χ1) is 31.5. The van der Waals surface area contributed by atoms with E-state index in [1.54, 1.807) is 20.8 Å². The Balaban J connectivity index is 0.000000470. The summed E-state index contributed by atoms with van der Waals surface area (Å²) in [5.41, 5.74) is 6.72. The molecular formula is C51H81ClN4O12. The summed E-state index contributed by atoms with van der Waals surface area (Å²) >= 11 is 0. The number of nitrogens with zero attached hydrogens (tertiary/aromatic N) is 2. The molecule has 3 N–H and O–H groups in total. The van der Waals surface area contributed by atoms with Crippen molar-refractivity contribution in [1.29, 1.82) is 0 Å². The second-order valence-electron chi connectivity index (χ2n) is 20.3. The molecule has 0 unspecified atom stereocenters. The lowest BCUT2D eigenvalue weighted by atomic mass is 9.85. The van der Waals surface area contributed by atoms with Crippen LogP contribution in [0.2, 0.25) is 0 Å². The Bertz CT molecular complexity index is 1820. The maximum absolute atomic E-state index is 13.6. The zero-order valence-electron chi connectivity index (χ0n) is 42.4. The Kier molecular flexibility index (Phi) is 25.5. The van der Waals surface area contributed by atoms with Gasteiger partial charge < -0.3 is 54.0 Å². The second kappa shape index (κ2) is 29.0. The number of halogens is 1. The molecule has 2 aliphatic heterocycles. The van der Waals surface area contributed by atoms with E-state index in [-0.39, 0.29) is 43.0 Å². The average Bonchev–Trinajstić information content (AvgIpc) is 3.91. The van der Waals surface area contributed by atoms with Crippen LogP contribution in [0.1, 0.15) is 112 Å². The highest BCUT2D eigenvalue weighted by atomic mass is 35.5. The van der Waals surface area contributed by atoms with Crippen LogP contribution in [0.25, 0.3) is 0 Å². The van der Waals surface area contributed by atoms with Gasteiger partial charge in [0, 0.05) is 52.4 Å². The van der Waals surface area contributed by atoms with Crippen molar-refractivity contribution in [2.75, 3.05) is 53.7 Å². The van der Waals surface area contributed by atoms with Crippen LogP contribution in [0.5, 0.6) is 0 Å². The normalized spacial score (nSPS) is 19.2.